The van der Waals surface area contributed by atoms with E-state index in [0.29, 0.717) is 22.4 Å². The highest BCUT2D eigenvalue weighted by Gasteiger charge is 2.31. The average molecular weight is 486 g/mol. The molecule has 6 nitrogen and oxygen atoms in total. The van der Waals surface area contributed by atoms with Crippen molar-refractivity contribution in [3.8, 4) is 16.9 Å². The maximum atomic E-state index is 13.0. The highest BCUT2D eigenvalue weighted by Crippen LogP contribution is 2.30. The Morgan fingerprint density at radius 1 is 1.06 bits per heavy atom. The number of halogens is 3. The molecular weight excluding hydrogens is 459 g/mol. The van der Waals surface area contributed by atoms with Crippen LogP contribution in [-0.2, 0) is 4.74 Å². The van der Waals surface area contributed by atoms with E-state index in [2.05, 4.69) is 19.9 Å². The van der Waals surface area contributed by atoms with Gasteiger partial charge in [-0.2, -0.15) is 0 Å². The van der Waals surface area contributed by atoms with Crippen LogP contribution in [0, 0.1) is 6.92 Å². The van der Waals surface area contributed by atoms with Crippen molar-refractivity contribution in [1.82, 2.24) is 4.98 Å². The van der Waals surface area contributed by atoms with Gasteiger partial charge in [0.15, 0.2) is 0 Å². The van der Waals surface area contributed by atoms with Crippen molar-refractivity contribution in [1.29, 1.82) is 0 Å². The first-order valence-corrected chi connectivity index (χ1v) is 11.2. The number of anilines is 2. The number of hydrogen-bond donors (Lipinski definition) is 1. The number of carbonyl (C=O) groups excluding carboxylic acids is 1. The lowest BCUT2D eigenvalue weighted by molar-refractivity contribution is -0.274. The van der Waals surface area contributed by atoms with Gasteiger partial charge in [0.05, 0.1) is 24.1 Å². The highest BCUT2D eigenvalue weighted by atomic mass is 19.4. The molecule has 0 radical (unpaired) electrons. The molecule has 184 valence electrons. The van der Waals surface area contributed by atoms with Gasteiger partial charge in [-0.25, -0.2) is 4.98 Å². The number of alkyl halides is 3. The lowest BCUT2D eigenvalue weighted by atomic mass is 9.96. The van der Waals surface area contributed by atoms with Gasteiger partial charge in [-0.15, -0.1) is 13.2 Å². The largest absolute Gasteiger partial charge is 0.573 e. The van der Waals surface area contributed by atoms with E-state index in [1.165, 1.54) is 24.3 Å². The van der Waals surface area contributed by atoms with Crippen LogP contribution < -0.4 is 15.0 Å². The van der Waals surface area contributed by atoms with Gasteiger partial charge >= 0.3 is 6.36 Å². The van der Waals surface area contributed by atoms with Crippen LogP contribution >= 0.6 is 0 Å². The average Bonchev–Trinajstić information content (AvgIpc) is 2.79. The summed E-state index contributed by atoms with van der Waals surface area (Å²) in [5, 5.41) is 2.87. The topological polar surface area (TPSA) is 63.7 Å². The van der Waals surface area contributed by atoms with Crippen molar-refractivity contribution in [3.05, 3.63) is 71.9 Å². The zero-order valence-electron chi connectivity index (χ0n) is 19.6. The predicted octanol–water partition coefficient (Wildman–Crippen LogP) is 5.82. The van der Waals surface area contributed by atoms with E-state index in [-0.39, 0.29) is 23.9 Å². The standard InChI is InChI=1S/C26H26F3N3O3/c1-16-14-32(15-17(2)34-16)24-12-9-20(13-30-24)31-25(33)23-6-4-5-22(18(23)3)19-7-10-21(11-8-19)35-26(27,28)29/h4-13,16-17H,14-15H2,1-3H3,(H,31,33). The van der Waals surface area contributed by atoms with E-state index in [9.17, 15) is 18.0 Å². The minimum atomic E-state index is -4.75. The lowest BCUT2D eigenvalue weighted by Gasteiger charge is -2.36. The van der Waals surface area contributed by atoms with E-state index in [1.807, 2.05) is 32.0 Å². The third-order valence-corrected chi connectivity index (χ3v) is 5.73. The van der Waals surface area contributed by atoms with Crippen LogP contribution in [0.15, 0.2) is 60.8 Å². The van der Waals surface area contributed by atoms with Gasteiger partial charge in [0.1, 0.15) is 11.6 Å². The zero-order chi connectivity index (χ0) is 25.2. The van der Waals surface area contributed by atoms with Gasteiger partial charge in [-0.05, 0) is 67.8 Å². The maximum Gasteiger partial charge on any atom is 0.573 e. The minimum Gasteiger partial charge on any atom is -0.406 e. The summed E-state index contributed by atoms with van der Waals surface area (Å²) in [4.78, 5) is 19.6. The summed E-state index contributed by atoms with van der Waals surface area (Å²) in [6, 6.07) is 14.5. The molecule has 2 aromatic carbocycles. The van der Waals surface area contributed by atoms with Gasteiger partial charge in [-0.1, -0.05) is 24.3 Å². The smallest absolute Gasteiger partial charge is 0.406 e. The molecule has 1 N–H and O–H groups in total. The fourth-order valence-electron chi connectivity index (χ4n) is 4.24. The summed E-state index contributed by atoms with van der Waals surface area (Å²) in [7, 11) is 0. The van der Waals surface area contributed by atoms with Crippen molar-refractivity contribution in [2.24, 2.45) is 0 Å². The van der Waals surface area contributed by atoms with Crippen LogP contribution in [0.4, 0.5) is 24.7 Å². The van der Waals surface area contributed by atoms with Crippen molar-refractivity contribution in [2.75, 3.05) is 23.3 Å². The maximum absolute atomic E-state index is 13.0. The zero-order valence-corrected chi connectivity index (χ0v) is 19.6. The van der Waals surface area contributed by atoms with Gasteiger partial charge in [0.25, 0.3) is 5.91 Å². The van der Waals surface area contributed by atoms with Crippen LogP contribution in [0.3, 0.4) is 0 Å². The molecule has 0 spiro atoms. The van der Waals surface area contributed by atoms with Crippen molar-refractivity contribution in [2.45, 2.75) is 39.3 Å². The number of rotatable bonds is 5. The minimum absolute atomic E-state index is 0.114. The van der Waals surface area contributed by atoms with Crippen molar-refractivity contribution < 1.29 is 27.4 Å². The summed E-state index contributed by atoms with van der Waals surface area (Å²) < 4.78 is 46.9. The molecule has 2 heterocycles. The summed E-state index contributed by atoms with van der Waals surface area (Å²) in [6.07, 6.45) is -2.90. The molecule has 2 atom stereocenters. The molecular formula is C26H26F3N3O3. The number of benzene rings is 2. The lowest BCUT2D eigenvalue weighted by Crippen LogP contribution is -2.45. The number of hydrogen-bond acceptors (Lipinski definition) is 5. The van der Waals surface area contributed by atoms with Crippen LogP contribution in [0.1, 0.15) is 29.8 Å². The van der Waals surface area contributed by atoms with E-state index in [1.54, 1.807) is 25.3 Å². The number of amides is 1. The molecule has 4 rings (SSSR count). The molecule has 0 saturated carbocycles. The van der Waals surface area contributed by atoms with Crippen LogP contribution in [-0.4, -0.2) is 42.6 Å². The number of aromatic nitrogens is 1. The molecule has 1 fully saturated rings. The molecule has 1 amide bonds. The van der Waals surface area contributed by atoms with E-state index in [0.717, 1.165) is 24.5 Å². The second-order valence-corrected chi connectivity index (χ2v) is 8.57. The summed E-state index contributed by atoms with van der Waals surface area (Å²) in [5.41, 5.74) is 3.13. The Balaban J connectivity index is 1.47. The van der Waals surface area contributed by atoms with Gasteiger partial charge in [0.2, 0.25) is 0 Å². The molecule has 1 aliphatic rings. The Labute approximate surface area is 201 Å². The van der Waals surface area contributed by atoms with Crippen LogP contribution in [0.5, 0.6) is 5.75 Å². The van der Waals surface area contributed by atoms with Crippen molar-refractivity contribution in [3.63, 3.8) is 0 Å². The molecule has 1 aliphatic heterocycles. The molecule has 1 saturated heterocycles. The van der Waals surface area contributed by atoms with E-state index < -0.39 is 6.36 Å². The summed E-state index contributed by atoms with van der Waals surface area (Å²) in [6.45, 7) is 7.35. The van der Waals surface area contributed by atoms with Gasteiger partial charge in [0, 0.05) is 18.7 Å². The Kier molecular flexibility index (Phi) is 6.98. The Morgan fingerprint density at radius 2 is 1.74 bits per heavy atom. The molecule has 35 heavy (non-hydrogen) atoms. The molecule has 0 bridgehead atoms. The number of ether oxygens (including phenoxy) is 2. The molecule has 9 heteroatoms. The molecule has 0 aliphatic carbocycles. The quantitative estimate of drug-likeness (QED) is 0.493. The number of carbonyl (C=O) groups is 1. The Bertz CT molecular complexity index is 1170. The monoisotopic (exact) mass is 485 g/mol. The number of nitrogens with one attached hydrogen (secondary N) is 1. The molecule has 2 unspecified atom stereocenters. The number of nitrogens with zero attached hydrogens (tertiary/aromatic N) is 2. The van der Waals surface area contributed by atoms with E-state index in [4.69, 9.17) is 4.74 Å². The highest BCUT2D eigenvalue weighted by molar-refractivity contribution is 6.06. The Hall–Kier alpha value is -3.59. The van der Waals surface area contributed by atoms with Gasteiger partial charge in [-0.3, -0.25) is 4.79 Å². The summed E-state index contributed by atoms with van der Waals surface area (Å²) >= 11 is 0. The predicted molar refractivity (Wildman–Crippen MR) is 128 cm³/mol. The fourth-order valence-corrected chi connectivity index (χ4v) is 4.24. The SMILES string of the molecule is Cc1c(C(=O)Nc2ccc(N3CC(C)OC(C)C3)nc2)cccc1-c1ccc(OC(F)(F)F)cc1. The third-order valence-electron chi connectivity index (χ3n) is 5.73. The van der Waals surface area contributed by atoms with Crippen LogP contribution in [0.2, 0.25) is 0 Å². The first-order valence-electron chi connectivity index (χ1n) is 11.2. The number of pyridine rings is 1. The second-order valence-electron chi connectivity index (χ2n) is 8.57. The molecule has 3 aromatic rings. The Morgan fingerprint density at radius 3 is 2.34 bits per heavy atom. The third kappa shape index (κ3) is 6.10. The first-order chi connectivity index (χ1) is 16.6. The first kappa shape index (κ1) is 24.5. The van der Waals surface area contributed by atoms with Gasteiger partial charge < -0.3 is 19.7 Å². The second kappa shape index (κ2) is 9.95. The summed E-state index contributed by atoms with van der Waals surface area (Å²) in [5.74, 6) is 0.218. The van der Waals surface area contributed by atoms with Crippen LogP contribution in [0.25, 0.3) is 11.1 Å². The normalized spacial score (nSPS) is 18.3. The fraction of sp³-hybridized carbons (Fsp3) is 0.308. The van der Waals surface area contributed by atoms with E-state index >= 15 is 0 Å². The van der Waals surface area contributed by atoms with Crippen molar-refractivity contribution >= 4 is 17.4 Å². The molecule has 1 aromatic heterocycles. The number of morpholine rings is 1.